The van der Waals surface area contributed by atoms with E-state index in [-0.39, 0.29) is 11.0 Å². The molecule has 4 rings (SSSR count). The maximum absolute atomic E-state index is 6.40. The van der Waals surface area contributed by atoms with Crippen molar-refractivity contribution in [1.29, 1.82) is 0 Å². The number of hydrogen-bond acceptors (Lipinski definition) is 2. The van der Waals surface area contributed by atoms with E-state index in [1.807, 2.05) is 0 Å². The average Bonchev–Trinajstić information content (AvgIpc) is 3.13. The third kappa shape index (κ3) is 4.34. The number of benzene rings is 2. The van der Waals surface area contributed by atoms with E-state index in [1.165, 1.54) is 60.8 Å². The molecule has 1 spiro atoms. The van der Waals surface area contributed by atoms with Gasteiger partial charge < -0.3 is 10.1 Å². The maximum atomic E-state index is 6.40. The summed E-state index contributed by atoms with van der Waals surface area (Å²) in [4.78, 5) is 0. The molecule has 0 amide bonds. The largest absolute Gasteiger partial charge is 0.375 e. The molecule has 0 radical (unpaired) electrons. The van der Waals surface area contributed by atoms with Crippen LogP contribution in [0.5, 0.6) is 0 Å². The number of rotatable bonds is 6. The van der Waals surface area contributed by atoms with Gasteiger partial charge in [0.05, 0.1) is 5.60 Å². The molecule has 150 valence electrons. The van der Waals surface area contributed by atoms with Crippen molar-refractivity contribution < 1.29 is 4.74 Å². The van der Waals surface area contributed by atoms with E-state index in [0.29, 0.717) is 0 Å². The van der Waals surface area contributed by atoms with Crippen LogP contribution in [0.4, 0.5) is 0 Å². The van der Waals surface area contributed by atoms with Gasteiger partial charge in [0.2, 0.25) is 0 Å². The monoisotopic (exact) mass is 377 g/mol. The fraction of sp³-hybridized carbons (Fsp3) is 0.538. The third-order valence-electron chi connectivity index (χ3n) is 6.99. The topological polar surface area (TPSA) is 21.3 Å². The van der Waals surface area contributed by atoms with Crippen LogP contribution in [0.3, 0.4) is 0 Å². The Morgan fingerprint density at radius 3 is 2.43 bits per heavy atom. The van der Waals surface area contributed by atoms with Crippen LogP contribution in [0.15, 0.2) is 48.5 Å². The number of hydrogen-bond donors (Lipinski definition) is 1. The van der Waals surface area contributed by atoms with E-state index >= 15 is 0 Å². The summed E-state index contributed by atoms with van der Waals surface area (Å²) < 4.78 is 6.40. The van der Waals surface area contributed by atoms with Gasteiger partial charge in [-0.3, -0.25) is 0 Å². The molecule has 0 unspecified atom stereocenters. The predicted octanol–water partition coefficient (Wildman–Crippen LogP) is 5.84. The standard InChI is InChI=1S/C26H35NO/c1-21-7-5-9-23(17-21)19-27-15-13-25(24-10-6-8-22(2)18-24)14-16-28-26(20-25)11-3-4-12-26/h5-10,17-18,27H,3-4,11-16,19-20H2,1-2H3/t25-/m1/s1. The molecule has 1 aliphatic carbocycles. The van der Waals surface area contributed by atoms with Crippen molar-refractivity contribution in [2.75, 3.05) is 13.2 Å². The molecule has 1 saturated heterocycles. The fourth-order valence-corrected chi connectivity index (χ4v) is 5.52. The highest BCUT2D eigenvalue weighted by molar-refractivity contribution is 5.31. The molecule has 28 heavy (non-hydrogen) atoms. The van der Waals surface area contributed by atoms with Gasteiger partial charge in [0.15, 0.2) is 0 Å². The minimum atomic E-state index is 0.137. The van der Waals surface area contributed by atoms with Crippen LogP contribution in [0.25, 0.3) is 0 Å². The van der Waals surface area contributed by atoms with Crippen molar-refractivity contribution in [3.05, 3.63) is 70.8 Å². The molecule has 2 aromatic carbocycles. The lowest BCUT2D eigenvalue weighted by Gasteiger charge is -2.47. The minimum Gasteiger partial charge on any atom is -0.375 e. The molecule has 1 N–H and O–H groups in total. The highest BCUT2D eigenvalue weighted by Gasteiger charge is 2.47. The smallest absolute Gasteiger partial charge is 0.0691 e. The predicted molar refractivity (Wildman–Crippen MR) is 117 cm³/mol. The first-order valence-electron chi connectivity index (χ1n) is 11.1. The lowest BCUT2D eigenvalue weighted by molar-refractivity contribution is -0.103. The van der Waals surface area contributed by atoms with Gasteiger partial charge >= 0.3 is 0 Å². The second-order valence-corrected chi connectivity index (χ2v) is 9.23. The highest BCUT2D eigenvalue weighted by Crippen LogP contribution is 2.50. The normalized spacial score (nSPS) is 23.9. The molecule has 2 aromatic rings. The van der Waals surface area contributed by atoms with Gasteiger partial charge in [-0.05, 0) is 63.6 Å². The second kappa shape index (κ2) is 8.39. The lowest BCUT2D eigenvalue weighted by Crippen LogP contribution is -2.47. The molecule has 0 aromatic heterocycles. The first-order chi connectivity index (χ1) is 13.6. The van der Waals surface area contributed by atoms with Gasteiger partial charge in [-0.25, -0.2) is 0 Å². The Bertz CT molecular complexity index is 793. The Balaban J connectivity index is 1.48. The highest BCUT2D eigenvalue weighted by atomic mass is 16.5. The number of nitrogens with one attached hydrogen (secondary N) is 1. The first-order valence-corrected chi connectivity index (χ1v) is 11.1. The van der Waals surface area contributed by atoms with Gasteiger partial charge in [0, 0.05) is 18.6 Å². The van der Waals surface area contributed by atoms with E-state index in [2.05, 4.69) is 67.7 Å². The molecule has 0 bridgehead atoms. The molecule has 2 nitrogen and oxygen atoms in total. The number of ether oxygens (including phenoxy) is 1. The summed E-state index contributed by atoms with van der Waals surface area (Å²) in [5.41, 5.74) is 6.00. The van der Waals surface area contributed by atoms with E-state index in [1.54, 1.807) is 0 Å². The summed E-state index contributed by atoms with van der Waals surface area (Å²) in [5, 5.41) is 3.72. The van der Waals surface area contributed by atoms with Crippen LogP contribution in [0.1, 0.15) is 67.2 Å². The van der Waals surface area contributed by atoms with Gasteiger partial charge in [0.25, 0.3) is 0 Å². The van der Waals surface area contributed by atoms with Crippen LogP contribution < -0.4 is 5.32 Å². The van der Waals surface area contributed by atoms with Gasteiger partial charge in [-0.2, -0.15) is 0 Å². The van der Waals surface area contributed by atoms with Crippen LogP contribution in [0.2, 0.25) is 0 Å². The van der Waals surface area contributed by atoms with Crippen molar-refractivity contribution in [3.8, 4) is 0 Å². The Morgan fingerprint density at radius 1 is 0.929 bits per heavy atom. The van der Waals surface area contributed by atoms with Crippen LogP contribution in [0, 0.1) is 13.8 Å². The van der Waals surface area contributed by atoms with Crippen molar-refractivity contribution in [3.63, 3.8) is 0 Å². The maximum Gasteiger partial charge on any atom is 0.0691 e. The molecule has 2 fully saturated rings. The molecule has 1 aliphatic heterocycles. The molecular formula is C26H35NO. The van der Waals surface area contributed by atoms with Gasteiger partial charge in [0.1, 0.15) is 0 Å². The summed E-state index contributed by atoms with van der Waals surface area (Å²) in [6, 6.07) is 18.1. The second-order valence-electron chi connectivity index (χ2n) is 9.23. The summed E-state index contributed by atoms with van der Waals surface area (Å²) in [5.74, 6) is 0. The summed E-state index contributed by atoms with van der Waals surface area (Å²) >= 11 is 0. The summed E-state index contributed by atoms with van der Waals surface area (Å²) in [6.07, 6.45) is 8.67. The quantitative estimate of drug-likeness (QED) is 0.638. The van der Waals surface area contributed by atoms with Crippen molar-refractivity contribution in [2.24, 2.45) is 0 Å². The fourth-order valence-electron chi connectivity index (χ4n) is 5.52. The zero-order chi connectivity index (χ0) is 19.5. The van der Waals surface area contributed by atoms with Crippen LogP contribution in [-0.4, -0.2) is 18.8 Å². The average molecular weight is 378 g/mol. The molecular weight excluding hydrogens is 342 g/mol. The summed E-state index contributed by atoms with van der Waals surface area (Å²) in [6.45, 7) is 7.30. The Morgan fingerprint density at radius 2 is 1.68 bits per heavy atom. The minimum absolute atomic E-state index is 0.137. The Hall–Kier alpha value is -1.64. The van der Waals surface area contributed by atoms with Gasteiger partial charge in [-0.1, -0.05) is 72.5 Å². The first kappa shape index (κ1) is 19.7. The molecule has 1 atom stereocenters. The third-order valence-corrected chi connectivity index (χ3v) is 6.99. The zero-order valence-corrected chi connectivity index (χ0v) is 17.6. The number of aryl methyl sites for hydroxylation is 2. The van der Waals surface area contributed by atoms with Crippen molar-refractivity contribution >= 4 is 0 Å². The van der Waals surface area contributed by atoms with E-state index in [0.717, 1.165) is 26.1 Å². The SMILES string of the molecule is Cc1cccc(CNCC[C@@]2(c3cccc(C)c3)CCOC3(CCCC3)C2)c1. The van der Waals surface area contributed by atoms with E-state index in [9.17, 15) is 0 Å². The molecule has 2 aliphatic rings. The van der Waals surface area contributed by atoms with Crippen molar-refractivity contribution in [2.45, 2.75) is 76.4 Å². The Labute approximate surface area is 170 Å². The van der Waals surface area contributed by atoms with Gasteiger partial charge in [-0.15, -0.1) is 0 Å². The van der Waals surface area contributed by atoms with Crippen molar-refractivity contribution in [1.82, 2.24) is 5.32 Å². The zero-order valence-electron chi connectivity index (χ0n) is 17.6. The molecule has 1 heterocycles. The Kier molecular flexibility index (Phi) is 5.89. The lowest BCUT2D eigenvalue weighted by atomic mass is 9.66. The molecule has 1 saturated carbocycles. The summed E-state index contributed by atoms with van der Waals surface area (Å²) in [7, 11) is 0. The van der Waals surface area contributed by atoms with Crippen LogP contribution >= 0.6 is 0 Å². The van der Waals surface area contributed by atoms with E-state index in [4.69, 9.17) is 4.74 Å². The van der Waals surface area contributed by atoms with Crippen LogP contribution in [-0.2, 0) is 16.7 Å². The molecule has 2 heteroatoms. The van der Waals surface area contributed by atoms with E-state index < -0.39 is 0 Å².